The molecule has 0 aromatic heterocycles. The van der Waals surface area contributed by atoms with Gasteiger partial charge in [0.25, 0.3) is 5.91 Å². The Morgan fingerprint density at radius 1 is 1.33 bits per heavy atom. The molecule has 1 aromatic rings. The Hall–Kier alpha value is -2.08. The van der Waals surface area contributed by atoms with E-state index in [2.05, 4.69) is 0 Å². The third-order valence-electron chi connectivity index (χ3n) is 3.99. The second-order valence-corrected chi connectivity index (χ2v) is 5.45. The quantitative estimate of drug-likeness (QED) is 0.897. The van der Waals surface area contributed by atoms with Crippen molar-refractivity contribution in [2.75, 3.05) is 24.7 Å². The number of carboxylic acids is 1. The molecule has 0 spiro atoms. The first-order valence-corrected chi connectivity index (χ1v) is 6.98. The molecule has 0 radical (unpaired) electrons. The summed E-state index contributed by atoms with van der Waals surface area (Å²) in [5, 5.41) is 9.22. The fourth-order valence-electron chi connectivity index (χ4n) is 2.86. The number of benzene rings is 1. The normalized spacial score (nSPS) is 24.3. The Bertz CT molecular complexity index is 592. The zero-order chi connectivity index (χ0) is 15.0. The van der Waals surface area contributed by atoms with Crippen molar-refractivity contribution < 1.29 is 24.2 Å². The molecule has 1 saturated heterocycles. The minimum absolute atomic E-state index is 0.0718. The maximum Gasteiger partial charge on any atom is 0.339 e. The molecule has 2 heterocycles. The number of carbonyl (C=O) groups excluding carboxylic acids is 1. The zero-order valence-electron chi connectivity index (χ0n) is 11.8. The Balaban J connectivity index is 1.99. The first kappa shape index (κ1) is 13.9. The van der Waals surface area contributed by atoms with E-state index in [9.17, 15) is 14.7 Å². The number of rotatable bonds is 2. The molecular formula is C15H17NO5. The SMILES string of the molecule is CC1(C(=O)N2CCOc3c(C(=O)O)cccc32)CCCO1. The number of hydrogen-bond acceptors (Lipinski definition) is 4. The molecule has 0 bridgehead atoms. The number of carbonyl (C=O) groups is 2. The van der Waals surface area contributed by atoms with E-state index >= 15 is 0 Å². The molecule has 0 saturated carbocycles. The van der Waals surface area contributed by atoms with Crippen LogP contribution < -0.4 is 9.64 Å². The van der Waals surface area contributed by atoms with Crippen molar-refractivity contribution in [3.8, 4) is 5.75 Å². The zero-order valence-corrected chi connectivity index (χ0v) is 11.8. The van der Waals surface area contributed by atoms with E-state index in [4.69, 9.17) is 9.47 Å². The molecule has 2 aliphatic heterocycles. The number of carboxylic acid groups (broad SMARTS) is 1. The fourth-order valence-corrected chi connectivity index (χ4v) is 2.86. The third-order valence-corrected chi connectivity index (χ3v) is 3.99. The predicted octanol–water partition coefficient (Wildman–Crippen LogP) is 1.68. The highest BCUT2D eigenvalue weighted by molar-refractivity contribution is 6.03. The average molecular weight is 291 g/mol. The van der Waals surface area contributed by atoms with Crippen LogP contribution in [0.5, 0.6) is 5.75 Å². The Labute approximate surface area is 122 Å². The van der Waals surface area contributed by atoms with E-state index in [1.54, 1.807) is 24.0 Å². The summed E-state index contributed by atoms with van der Waals surface area (Å²) in [5.74, 6) is -0.942. The lowest BCUT2D eigenvalue weighted by Crippen LogP contribution is -2.49. The van der Waals surface area contributed by atoms with Crippen LogP contribution >= 0.6 is 0 Å². The molecule has 1 atom stereocenters. The standard InChI is InChI=1S/C15H17NO5/c1-15(6-3-8-21-15)14(19)16-7-9-20-12-10(13(17)18)4-2-5-11(12)16/h2,4-5H,3,6-9H2,1H3,(H,17,18). The highest BCUT2D eigenvalue weighted by Gasteiger charge is 2.42. The highest BCUT2D eigenvalue weighted by atomic mass is 16.5. The van der Waals surface area contributed by atoms with Crippen molar-refractivity contribution in [2.45, 2.75) is 25.4 Å². The van der Waals surface area contributed by atoms with Crippen LogP contribution in [-0.4, -0.2) is 42.3 Å². The van der Waals surface area contributed by atoms with Gasteiger partial charge in [-0.15, -0.1) is 0 Å². The van der Waals surface area contributed by atoms with Gasteiger partial charge in [0.2, 0.25) is 0 Å². The molecule has 3 rings (SSSR count). The van der Waals surface area contributed by atoms with Crippen molar-refractivity contribution in [2.24, 2.45) is 0 Å². The van der Waals surface area contributed by atoms with E-state index in [-0.39, 0.29) is 23.8 Å². The van der Waals surface area contributed by atoms with Gasteiger partial charge in [-0.3, -0.25) is 4.79 Å². The van der Waals surface area contributed by atoms with Gasteiger partial charge in [-0.25, -0.2) is 4.79 Å². The number of amides is 1. The van der Waals surface area contributed by atoms with Crippen molar-refractivity contribution in [1.29, 1.82) is 0 Å². The number of aromatic carboxylic acids is 1. The highest BCUT2D eigenvalue weighted by Crippen LogP contribution is 2.38. The summed E-state index contributed by atoms with van der Waals surface area (Å²) in [6.07, 6.45) is 1.53. The van der Waals surface area contributed by atoms with Crippen LogP contribution in [0.25, 0.3) is 0 Å². The molecule has 1 fully saturated rings. The van der Waals surface area contributed by atoms with Gasteiger partial charge >= 0.3 is 5.97 Å². The minimum atomic E-state index is -1.07. The van der Waals surface area contributed by atoms with Gasteiger partial charge in [0.1, 0.15) is 17.8 Å². The van der Waals surface area contributed by atoms with Crippen LogP contribution in [0.4, 0.5) is 5.69 Å². The van der Waals surface area contributed by atoms with Crippen molar-refractivity contribution in [3.63, 3.8) is 0 Å². The number of hydrogen-bond donors (Lipinski definition) is 1. The molecule has 1 N–H and O–H groups in total. The molecule has 6 heteroatoms. The number of nitrogens with zero attached hydrogens (tertiary/aromatic N) is 1. The first-order valence-electron chi connectivity index (χ1n) is 6.98. The van der Waals surface area contributed by atoms with Gasteiger partial charge in [-0.2, -0.15) is 0 Å². The van der Waals surface area contributed by atoms with Crippen LogP contribution in [0.1, 0.15) is 30.1 Å². The molecule has 1 amide bonds. The van der Waals surface area contributed by atoms with Crippen molar-refractivity contribution in [3.05, 3.63) is 23.8 Å². The summed E-state index contributed by atoms with van der Waals surface area (Å²) in [6, 6.07) is 4.80. The van der Waals surface area contributed by atoms with Gasteiger partial charge in [0.15, 0.2) is 5.75 Å². The van der Waals surface area contributed by atoms with Crippen LogP contribution in [0.15, 0.2) is 18.2 Å². The fraction of sp³-hybridized carbons (Fsp3) is 0.467. The van der Waals surface area contributed by atoms with Crippen LogP contribution in [-0.2, 0) is 9.53 Å². The lowest BCUT2D eigenvalue weighted by Gasteiger charge is -2.35. The van der Waals surface area contributed by atoms with Crippen LogP contribution in [0.2, 0.25) is 0 Å². The maximum atomic E-state index is 12.8. The largest absolute Gasteiger partial charge is 0.489 e. The Morgan fingerprint density at radius 3 is 2.81 bits per heavy atom. The summed E-state index contributed by atoms with van der Waals surface area (Å²) in [6.45, 7) is 3.04. The summed E-state index contributed by atoms with van der Waals surface area (Å²) in [5.41, 5.74) is -0.251. The minimum Gasteiger partial charge on any atom is -0.489 e. The molecule has 21 heavy (non-hydrogen) atoms. The Kier molecular flexibility index (Phi) is 3.33. The monoisotopic (exact) mass is 291 g/mol. The van der Waals surface area contributed by atoms with Crippen molar-refractivity contribution >= 4 is 17.6 Å². The lowest BCUT2D eigenvalue weighted by atomic mass is 9.99. The average Bonchev–Trinajstić information content (AvgIpc) is 2.93. The van der Waals surface area contributed by atoms with E-state index < -0.39 is 11.6 Å². The summed E-state index contributed by atoms with van der Waals surface area (Å²) < 4.78 is 11.1. The van der Waals surface area contributed by atoms with Gasteiger partial charge in [-0.1, -0.05) is 6.07 Å². The maximum absolute atomic E-state index is 12.8. The number of fused-ring (bicyclic) bond motifs is 1. The van der Waals surface area contributed by atoms with E-state index in [0.717, 1.165) is 6.42 Å². The summed E-state index contributed by atoms with van der Waals surface area (Å²) >= 11 is 0. The van der Waals surface area contributed by atoms with Crippen molar-refractivity contribution in [1.82, 2.24) is 0 Å². The summed E-state index contributed by atoms with van der Waals surface area (Å²) in [4.78, 5) is 25.6. The number of para-hydroxylation sites is 1. The number of ether oxygens (including phenoxy) is 2. The molecule has 1 unspecified atom stereocenters. The molecule has 6 nitrogen and oxygen atoms in total. The molecule has 1 aromatic carbocycles. The molecular weight excluding hydrogens is 274 g/mol. The Morgan fingerprint density at radius 2 is 2.14 bits per heavy atom. The topological polar surface area (TPSA) is 76.1 Å². The van der Waals surface area contributed by atoms with Gasteiger partial charge in [0, 0.05) is 6.61 Å². The lowest BCUT2D eigenvalue weighted by molar-refractivity contribution is -0.136. The number of anilines is 1. The molecule has 0 aliphatic carbocycles. The smallest absolute Gasteiger partial charge is 0.339 e. The van der Waals surface area contributed by atoms with Gasteiger partial charge < -0.3 is 19.5 Å². The third kappa shape index (κ3) is 2.25. The van der Waals surface area contributed by atoms with Crippen LogP contribution in [0, 0.1) is 0 Å². The summed E-state index contributed by atoms with van der Waals surface area (Å²) in [7, 11) is 0. The molecule has 112 valence electrons. The predicted molar refractivity (Wildman–Crippen MR) is 74.8 cm³/mol. The van der Waals surface area contributed by atoms with E-state index in [1.165, 1.54) is 6.07 Å². The van der Waals surface area contributed by atoms with E-state index in [1.807, 2.05) is 0 Å². The molecule has 2 aliphatic rings. The second-order valence-electron chi connectivity index (χ2n) is 5.45. The second kappa shape index (κ2) is 5.04. The first-order chi connectivity index (χ1) is 10.0. The van der Waals surface area contributed by atoms with E-state index in [0.29, 0.717) is 25.3 Å². The van der Waals surface area contributed by atoms with Gasteiger partial charge in [0.05, 0.1) is 12.2 Å². The van der Waals surface area contributed by atoms with Crippen LogP contribution in [0.3, 0.4) is 0 Å². The van der Waals surface area contributed by atoms with Gasteiger partial charge in [-0.05, 0) is 31.9 Å².